The van der Waals surface area contributed by atoms with E-state index in [2.05, 4.69) is 0 Å². The van der Waals surface area contributed by atoms with E-state index in [-0.39, 0.29) is 11.3 Å². The minimum Gasteiger partial charge on any atom is -0.399 e. The Kier molecular flexibility index (Phi) is 2.65. The van der Waals surface area contributed by atoms with Gasteiger partial charge in [0.05, 0.1) is 5.60 Å². The van der Waals surface area contributed by atoms with Gasteiger partial charge in [0.15, 0.2) is 0 Å². The average Bonchev–Trinajstić information content (AvgIpc) is 1.82. The smallest absolute Gasteiger partial charge is 0.246 e. The number of hydrogen-bond donors (Lipinski definition) is 3. The minimum absolute atomic E-state index is 0.116. The fourth-order valence-corrected chi connectivity index (χ4v) is 0.592. The molecule has 0 bridgehead atoms. The van der Waals surface area contributed by atoms with Crippen molar-refractivity contribution in [3.05, 3.63) is 11.3 Å². The van der Waals surface area contributed by atoms with Crippen molar-refractivity contribution in [3.8, 4) is 0 Å². The Morgan fingerprint density at radius 1 is 1.36 bits per heavy atom. The first-order valence-electron chi connectivity index (χ1n) is 3.26. The molecule has 5 N–H and O–H groups in total. The van der Waals surface area contributed by atoms with Gasteiger partial charge in [-0.05, 0) is 20.8 Å². The quantitative estimate of drug-likeness (QED) is 0.472. The van der Waals surface area contributed by atoms with Crippen molar-refractivity contribution in [3.63, 3.8) is 0 Å². The number of carbonyl (C=O) groups is 1. The molecule has 0 aliphatic heterocycles. The van der Waals surface area contributed by atoms with Gasteiger partial charge in [-0.3, -0.25) is 4.79 Å². The third-order valence-corrected chi connectivity index (χ3v) is 1.43. The van der Waals surface area contributed by atoms with Gasteiger partial charge in [0.1, 0.15) is 0 Å². The van der Waals surface area contributed by atoms with E-state index in [9.17, 15) is 9.90 Å². The second-order valence-electron chi connectivity index (χ2n) is 2.96. The summed E-state index contributed by atoms with van der Waals surface area (Å²) in [5, 5.41) is 9.31. The molecule has 0 saturated heterocycles. The van der Waals surface area contributed by atoms with E-state index < -0.39 is 11.5 Å². The summed E-state index contributed by atoms with van der Waals surface area (Å²) in [7, 11) is 0. The summed E-state index contributed by atoms with van der Waals surface area (Å²) < 4.78 is 0. The van der Waals surface area contributed by atoms with Gasteiger partial charge >= 0.3 is 0 Å². The van der Waals surface area contributed by atoms with Crippen molar-refractivity contribution in [2.45, 2.75) is 26.4 Å². The summed E-state index contributed by atoms with van der Waals surface area (Å²) in [6.07, 6.45) is 0. The molecule has 0 unspecified atom stereocenters. The van der Waals surface area contributed by atoms with Gasteiger partial charge in [-0.25, -0.2) is 0 Å². The van der Waals surface area contributed by atoms with E-state index in [1.54, 1.807) is 0 Å². The highest BCUT2D eigenvalue weighted by molar-refractivity contribution is 5.92. The summed E-state index contributed by atoms with van der Waals surface area (Å²) in [5.74, 6) is -0.607. The first kappa shape index (κ1) is 9.97. The Morgan fingerprint density at radius 3 is 1.82 bits per heavy atom. The molecule has 0 radical (unpaired) electrons. The van der Waals surface area contributed by atoms with Crippen LogP contribution in [0.1, 0.15) is 20.8 Å². The van der Waals surface area contributed by atoms with Gasteiger partial charge in [0.25, 0.3) is 0 Å². The van der Waals surface area contributed by atoms with Gasteiger partial charge in [0, 0.05) is 11.3 Å². The molecule has 0 aliphatic carbocycles. The Morgan fingerprint density at radius 2 is 1.73 bits per heavy atom. The van der Waals surface area contributed by atoms with E-state index in [0.29, 0.717) is 0 Å². The summed E-state index contributed by atoms with van der Waals surface area (Å²) in [6, 6.07) is 0. The van der Waals surface area contributed by atoms with Crippen LogP contribution in [0.2, 0.25) is 0 Å². The molecule has 64 valence electrons. The topological polar surface area (TPSA) is 89.3 Å². The van der Waals surface area contributed by atoms with Gasteiger partial charge in [-0.1, -0.05) is 0 Å². The zero-order chi connectivity index (χ0) is 9.23. The van der Waals surface area contributed by atoms with Crippen LogP contribution in [-0.2, 0) is 4.79 Å². The Labute approximate surface area is 65.9 Å². The van der Waals surface area contributed by atoms with Crippen LogP contribution in [0.5, 0.6) is 0 Å². The second-order valence-corrected chi connectivity index (χ2v) is 2.96. The van der Waals surface area contributed by atoms with Crippen molar-refractivity contribution >= 4 is 5.91 Å². The van der Waals surface area contributed by atoms with Crippen molar-refractivity contribution in [1.29, 1.82) is 0 Å². The van der Waals surface area contributed by atoms with Crippen molar-refractivity contribution in [1.82, 2.24) is 0 Å². The molecular formula is C7H14N2O2. The molecular weight excluding hydrogens is 144 g/mol. The predicted octanol–water partition coefficient (Wildman–Crippen LogP) is -0.525. The largest absolute Gasteiger partial charge is 0.399 e. The Bertz CT molecular complexity index is 201. The summed E-state index contributed by atoms with van der Waals surface area (Å²) in [5.41, 5.74) is 9.51. The lowest BCUT2D eigenvalue weighted by Gasteiger charge is -2.19. The van der Waals surface area contributed by atoms with Crippen LogP contribution < -0.4 is 11.5 Å². The fraction of sp³-hybridized carbons (Fsp3) is 0.571. The third-order valence-electron chi connectivity index (χ3n) is 1.43. The summed E-state index contributed by atoms with van der Waals surface area (Å²) in [4.78, 5) is 10.6. The lowest BCUT2D eigenvalue weighted by molar-refractivity contribution is -0.114. The lowest BCUT2D eigenvalue weighted by atomic mass is 10.0. The van der Waals surface area contributed by atoms with Crippen LogP contribution in [0, 0.1) is 0 Å². The zero-order valence-electron chi connectivity index (χ0n) is 7.01. The normalized spacial score (nSPS) is 14.2. The molecule has 0 aromatic rings. The summed E-state index contributed by atoms with van der Waals surface area (Å²) >= 11 is 0. The molecule has 0 aromatic heterocycles. The highest BCUT2D eigenvalue weighted by Crippen LogP contribution is 2.13. The molecule has 0 fully saturated rings. The van der Waals surface area contributed by atoms with Crippen LogP contribution >= 0.6 is 0 Å². The average molecular weight is 158 g/mol. The lowest BCUT2D eigenvalue weighted by Crippen LogP contribution is -2.31. The highest BCUT2D eigenvalue weighted by Gasteiger charge is 2.20. The number of primary amides is 1. The van der Waals surface area contributed by atoms with E-state index >= 15 is 0 Å². The van der Waals surface area contributed by atoms with Crippen molar-refractivity contribution in [2.75, 3.05) is 0 Å². The zero-order valence-corrected chi connectivity index (χ0v) is 7.01. The first-order valence-corrected chi connectivity index (χ1v) is 3.26. The van der Waals surface area contributed by atoms with E-state index in [4.69, 9.17) is 11.5 Å². The molecule has 0 heterocycles. The molecule has 0 spiro atoms. The number of nitrogens with two attached hydrogens (primary N) is 2. The van der Waals surface area contributed by atoms with E-state index in [1.165, 1.54) is 20.8 Å². The van der Waals surface area contributed by atoms with Crippen LogP contribution in [0.4, 0.5) is 0 Å². The maximum Gasteiger partial charge on any atom is 0.246 e. The first-order chi connectivity index (χ1) is 4.76. The van der Waals surface area contributed by atoms with E-state index in [0.717, 1.165) is 0 Å². The Hall–Kier alpha value is -1.03. The monoisotopic (exact) mass is 158 g/mol. The SMILES string of the molecule is C/C(C(N)=O)=C(\N)C(C)(C)O. The standard InChI is InChI=1S/C7H14N2O2/c1-4(6(9)10)5(8)7(2,3)11/h11H,8H2,1-3H3,(H2,9,10)/b5-4+. The second kappa shape index (κ2) is 2.92. The number of aliphatic hydroxyl groups is 1. The van der Waals surface area contributed by atoms with Crippen LogP contribution in [-0.4, -0.2) is 16.6 Å². The molecule has 1 amide bonds. The van der Waals surface area contributed by atoms with E-state index in [1.807, 2.05) is 0 Å². The molecule has 0 rings (SSSR count). The number of carbonyl (C=O) groups excluding carboxylic acids is 1. The number of rotatable bonds is 2. The summed E-state index contributed by atoms with van der Waals surface area (Å²) in [6.45, 7) is 4.47. The number of hydrogen-bond acceptors (Lipinski definition) is 3. The maximum atomic E-state index is 10.6. The van der Waals surface area contributed by atoms with Gasteiger partial charge in [0.2, 0.25) is 5.91 Å². The van der Waals surface area contributed by atoms with Crippen LogP contribution in [0.3, 0.4) is 0 Å². The molecule has 0 aromatic carbocycles. The van der Waals surface area contributed by atoms with Crippen LogP contribution in [0.25, 0.3) is 0 Å². The third kappa shape index (κ3) is 2.59. The maximum absolute atomic E-state index is 10.6. The van der Waals surface area contributed by atoms with Gasteiger partial charge < -0.3 is 16.6 Å². The Balaban J connectivity index is 4.82. The highest BCUT2D eigenvalue weighted by atomic mass is 16.3. The molecule has 0 saturated carbocycles. The van der Waals surface area contributed by atoms with Gasteiger partial charge in [-0.2, -0.15) is 0 Å². The van der Waals surface area contributed by atoms with Crippen molar-refractivity contribution < 1.29 is 9.90 Å². The van der Waals surface area contributed by atoms with Gasteiger partial charge in [-0.15, -0.1) is 0 Å². The fourth-order valence-electron chi connectivity index (χ4n) is 0.592. The molecule has 0 aliphatic rings. The number of amides is 1. The van der Waals surface area contributed by atoms with Crippen LogP contribution in [0.15, 0.2) is 11.3 Å². The predicted molar refractivity (Wildman–Crippen MR) is 42.4 cm³/mol. The van der Waals surface area contributed by atoms with Crippen molar-refractivity contribution in [2.24, 2.45) is 11.5 Å². The molecule has 4 nitrogen and oxygen atoms in total. The molecule has 4 heteroatoms. The minimum atomic E-state index is -1.18. The molecule has 11 heavy (non-hydrogen) atoms. The molecule has 0 atom stereocenters.